The van der Waals surface area contributed by atoms with Crippen LogP contribution >= 0.6 is 11.6 Å². The molecule has 1 nitrogen and oxygen atoms in total. The minimum atomic E-state index is -0.652. The molecule has 0 fully saturated rings. The molecule has 0 saturated heterocycles. The average molecular weight is 252 g/mol. The van der Waals surface area contributed by atoms with E-state index in [2.05, 4.69) is 4.99 Å². The monoisotopic (exact) mass is 251 g/mol. The standard InChI is InChI=1S/C13H8ClF2N/c14-10-4-1-2-7-13(10)17-8-9-11(15)5-3-6-12(9)16/h1-8H. The van der Waals surface area contributed by atoms with Crippen molar-refractivity contribution in [2.75, 3.05) is 0 Å². The average Bonchev–Trinajstić information content (AvgIpc) is 2.30. The molecule has 0 aliphatic heterocycles. The van der Waals surface area contributed by atoms with Gasteiger partial charge in [0.05, 0.1) is 16.3 Å². The van der Waals surface area contributed by atoms with Gasteiger partial charge >= 0.3 is 0 Å². The Labute approximate surface area is 102 Å². The molecule has 0 N–H and O–H groups in total. The molecule has 17 heavy (non-hydrogen) atoms. The van der Waals surface area contributed by atoms with Gasteiger partial charge in [-0.05, 0) is 24.3 Å². The molecule has 0 radical (unpaired) electrons. The number of hydrogen-bond donors (Lipinski definition) is 0. The predicted molar refractivity (Wildman–Crippen MR) is 65.1 cm³/mol. The summed E-state index contributed by atoms with van der Waals surface area (Å²) in [4.78, 5) is 3.96. The van der Waals surface area contributed by atoms with Crippen LogP contribution in [0.1, 0.15) is 5.56 Å². The second-order valence-corrected chi connectivity index (χ2v) is 3.75. The van der Waals surface area contributed by atoms with E-state index in [-0.39, 0.29) is 5.56 Å². The van der Waals surface area contributed by atoms with Gasteiger partial charge in [0.2, 0.25) is 0 Å². The summed E-state index contributed by atoms with van der Waals surface area (Å²) < 4.78 is 26.6. The van der Waals surface area contributed by atoms with Crippen LogP contribution in [-0.2, 0) is 0 Å². The number of rotatable bonds is 2. The zero-order valence-electron chi connectivity index (χ0n) is 8.70. The summed E-state index contributed by atoms with van der Waals surface area (Å²) in [7, 11) is 0. The first-order valence-electron chi connectivity index (χ1n) is 4.91. The third-order valence-electron chi connectivity index (χ3n) is 2.18. The summed E-state index contributed by atoms with van der Waals surface area (Å²) in [6.45, 7) is 0. The van der Waals surface area contributed by atoms with Crippen LogP contribution in [0.25, 0.3) is 0 Å². The van der Waals surface area contributed by atoms with Gasteiger partial charge in [0.1, 0.15) is 11.6 Å². The Morgan fingerprint density at radius 1 is 0.941 bits per heavy atom. The van der Waals surface area contributed by atoms with Crippen molar-refractivity contribution in [3.8, 4) is 0 Å². The lowest BCUT2D eigenvalue weighted by atomic mass is 10.2. The molecule has 0 atom stereocenters. The van der Waals surface area contributed by atoms with Crippen molar-refractivity contribution in [1.29, 1.82) is 0 Å². The number of aliphatic imine (C=N–C) groups is 1. The summed E-state index contributed by atoms with van der Waals surface area (Å²) in [5, 5.41) is 0.431. The van der Waals surface area contributed by atoms with Crippen molar-refractivity contribution in [3.63, 3.8) is 0 Å². The second kappa shape index (κ2) is 5.06. The maximum atomic E-state index is 13.3. The minimum Gasteiger partial charge on any atom is -0.254 e. The first-order chi connectivity index (χ1) is 8.18. The summed E-state index contributed by atoms with van der Waals surface area (Å²) in [6.07, 6.45) is 1.13. The molecule has 0 heterocycles. The van der Waals surface area contributed by atoms with Crippen LogP contribution in [-0.4, -0.2) is 6.21 Å². The van der Waals surface area contributed by atoms with Gasteiger partial charge < -0.3 is 0 Å². The third kappa shape index (κ3) is 2.68. The third-order valence-corrected chi connectivity index (χ3v) is 2.50. The van der Waals surface area contributed by atoms with E-state index in [4.69, 9.17) is 11.6 Å². The van der Waals surface area contributed by atoms with Gasteiger partial charge in [-0.1, -0.05) is 29.8 Å². The number of para-hydroxylation sites is 1. The van der Waals surface area contributed by atoms with Gasteiger partial charge in [0.25, 0.3) is 0 Å². The van der Waals surface area contributed by atoms with Gasteiger partial charge in [0.15, 0.2) is 0 Å². The van der Waals surface area contributed by atoms with Gasteiger partial charge in [-0.2, -0.15) is 0 Å². The summed E-state index contributed by atoms with van der Waals surface area (Å²) >= 11 is 5.87. The summed E-state index contributed by atoms with van der Waals surface area (Å²) in [6, 6.07) is 10.5. The lowest BCUT2D eigenvalue weighted by molar-refractivity contribution is 0.580. The SMILES string of the molecule is Fc1cccc(F)c1C=Nc1ccccc1Cl. The Balaban J connectivity index is 2.36. The smallest absolute Gasteiger partial charge is 0.134 e. The highest BCUT2D eigenvalue weighted by molar-refractivity contribution is 6.33. The zero-order chi connectivity index (χ0) is 12.3. The Morgan fingerprint density at radius 2 is 1.59 bits per heavy atom. The van der Waals surface area contributed by atoms with Gasteiger partial charge in [-0.15, -0.1) is 0 Å². The number of nitrogens with zero attached hydrogens (tertiary/aromatic N) is 1. The molecule has 2 aromatic rings. The fraction of sp³-hybridized carbons (Fsp3) is 0. The maximum Gasteiger partial charge on any atom is 0.134 e. The molecule has 0 spiro atoms. The molecule has 0 aromatic heterocycles. The van der Waals surface area contributed by atoms with E-state index < -0.39 is 11.6 Å². The molecule has 0 aliphatic rings. The Hall–Kier alpha value is -1.74. The van der Waals surface area contributed by atoms with Crippen molar-refractivity contribution in [3.05, 3.63) is 64.7 Å². The van der Waals surface area contributed by atoms with Gasteiger partial charge in [-0.25, -0.2) is 8.78 Å². The van der Waals surface area contributed by atoms with Crippen LogP contribution in [0.4, 0.5) is 14.5 Å². The van der Waals surface area contributed by atoms with Crippen LogP contribution in [0.15, 0.2) is 47.5 Å². The maximum absolute atomic E-state index is 13.3. The highest BCUT2D eigenvalue weighted by atomic mass is 35.5. The van der Waals surface area contributed by atoms with Crippen LogP contribution in [0.3, 0.4) is 0 Å². The Morgan fingerprint density at radius 3 is 2.24 bits per heavy atom. The lowest BCUT2D eigenvalue weighted by Gasteiger charge is -1.99. The molecule has 4 heteroatoms. The molecule has 86 valence electrons. The molecule has 0 amide bonds. The highest BCUT2D eigenvalue weighted by Gasteiger charge is 2.05. The largest absolute Gasteiger partial charge is 0.254 e. The van der Waals surface area contributed by atoms with Crippen molar-refractivity contribution < 1.29 is 8.78 Å². The van der Waals surface area contributed by atoms with Crippen LogP contribution < -0.4 is 0 Å². The van der Waals surface area contributed by atoms with Crippen LogP contribution in [0, 0.1) is 11.6 Å². The molecular weight excluding hydrogens is 244 g/mol. The van der Waals surface area contributed by atoms with Crippen molar-refractivity contribution in [2.24, 2.45) is 4.99 Å². The van der Waals surface area contributed by atoms with E-state index in [0.29, 0.717) is 10.7 Å². The van der Waals surface area contributed by atoms with E-state index >= 15 is 0 Å². The van der Waals surface area contributed by atoms with E-state index in [0.717, 1.165) is 6.21 Å². The first kappa shape index (κ1) is 11.7. The Bertz CT molecular complexity index is 547. The highest BCUT2D eigenvalue weighted by Crippen LogP contribution is 2.23. The molecule has 2 aromatic carbocycles. The molecule has 0 bridgehead atoms. The predicted octanol–water partition coefficient (Wildman–Crippen LogP) is 4.37. The quantitative estimate of drug-likeness (QED) is 0.703. The molecule has 0 saturated carbocycles. The molecule has 0 aliphatic carbocycles. The summed E-state index contributed by atoms with van der Waals surface area (Å²) in [5.41, 5.74) is 0.296. The van der Waals surface area contributed by atoms with Crippen LogP contribution in [0.5, 0.6) is 0 Å². The van der Waals surface area contributed by atoms with E-state index in [1.807, 2.05) is 0 Å². The first-order valence-corrected chi connectivity index (χ1v) is 5.29. The molecular formula is C13H8ClF2N. The summed E-state index contributed by atoms with van der Waals surface area (Å²) in [5.74, 6) is -1.30. The van der Waals surface area contributed by atoms with Crippen LogP contribution in [0.2, 0.25) is 5.02 Å². The molecule has 0 unspecified atom stereocenters. The van der Waals surface area contributed by atoms with E-state index in [9.17, 15) is 8.78 Å². The van der Waals surface area contributed by atoms with Crippen molar-refractivity contribution >= 4 is 23.5 Å². The number of hydrogen-bond acceptors (Lipinski definition) is 1. The van der Waals surface area contributed by atoms with Gasteiger partial charge in [-0.3, -0.25) is 4.99 Å². The normalized spacial score (nSPS) is 11.0. The van der Waals surface area contributed by atoms with E-state index in [1.165, 1.54) is 18.2 Å². The minimum absolute atomic E-state index is 0.174. The lowest BCUT2D eigenvalue weighted by Crippen LogP contribution is -1.92. The van der Waals surface area contributed by atoms with Crippen molar-refractivity contribution in [2.45, 2.75) is 0 Å². The topological polar surface area (TPSA) is 12.4 Å². The van der Waals surface area contributed by atoms with Gasteiger partial charge in [0, 0.05) is 6.21 Å². The fourth-order valence-corrected chi connectivity index (χ4v) is 1.51. The second-order valence-electron chi connectivity index (χ2n) is 3.34. The van der Waals surface area contributed by atoms with Crippen molar-refractivity contribution in [1.82, 2.24) is 0 Å². The fourth-order valence-electron chi connectivity index (χ4n) is 1.32. The molecule has 2 rings (SSSR count). The van der Waals surface area contributed by atoms with E-state index in [1.54, 1.807) is 24.3 Å². The number of halogens is 3. The Kier molecular flexibility index (Phi) is 3.49. The zero-order valence-corrected chi connectivity index (χ0v) is 9.46. The number of benzene rings is 2.